The van der Waals surface area contributed by atoms with Crippen LogP contribution in [0.15, 0.2) is 24.4 Å². The molecule has 0 spiro atoms. The number of benzene rings is 1. The molecule has 0 bridgehead atoms. The van der Waals surface area contributed by atoms with Gasteiger partial charge in [-0.1, -0.05) is 32.9 Å². The van der Waals surface area contributed by atoms with Crippen molar-refractivity contribution in [1.82, 2.24) is 9.29 Å². The van der Waals surface area contributed by atoms with E-state index < -0.39 is 46.1 Å². The number of hydrogen-bond acceptors (Lipinski definition) is 4. The lowest BCUT2D eigenvalue weighted by Gasteiger charge is -2.32. The van der Waals surface area contributed by atoms with Crippen LogP contribution < -0.4 is 10.2 Å². The van der Waals surface area contributed by atoms with Crippen LogP contribution in [0.3, 0.4) is 0 Å². The molecule has 0 amide bonds. The molecular weight excluding hydrogens is 461 g/mol. The Labute approximate surface area is 201 Å². The van der Waals surface area contributed by atoms with Gasteiger partial charge in [-0.25, -0.2) is 21.9 Å². The van der Waals surface area contributed by atoms with Gasteiger partial charge in [-0.2, -0.15) is 0 Å². The zero-order chi connectivity index (χ0) is 25.3. The van der Waals surface area contributed by atoms with Crippen molar-refractivity contribution in [1.29, 1.82) is 0 Å². The molecule has 0 radical (unpaired) electrons. The number of hydrogen-bond donors (Lipinski definition) is 1. The Kier molecular flexibility index (Phi) is 6.24. The van der Waals surface area contributed by atoms with Crippen LogP contribution in [-0.2, 0) is 25.9 Å². The smallest absolute Gasteiger partial charge is 0.399 e. The molecule has 2 aliphatic rings. The van der Waals surface area contributed by atoms with Gasteiger partial charge in [0.05, 0.1) is 16.5 Å². The lowest BCUT2D eigenvalue weighted by molar-refractivity contribution is 0.00578. The van der Waals surface area contributed by atoms with E-state index >= 15 is 0 Å². The molecule has 1 atom stereocenters. The van der Waals surface area contributed by atoms with E-state index in [9.17, 15) is 17.2 Å². The Hall–Kier alpha value is -1.49. The zero-order valence-electron chi connectivity index (χ0n) is 21.0. The van der Waals surface area contributed by atoms with E-state index in [0.717, 1.165) is 11.0 Å². The monoisotopic (exact) mass is 496 g/mol. The molecule has 1 aromatic heterocycles. The highest BCUT2D eigenvalue weighted by molar-refractivity contribution is 7.90. The molecule has 6 nitrogen and oxygen atoms in total. The van der Waals surface area contributed by atoms with Gasteiger partial charge in [0.2, 0.25) is 10.0 Å². The van der Waals surface area contributed by atoms with Crippen LogP contribution >= 0.6 is 0 Å². The number of nitrogens with zero attached hydrogens (tertiary/aromatic N) is 1. The number of aromatic nitrogens is 1. The fourth-order valence-electron chi connectivity index (χ4n) is 4.26. The SMILES string of the molecule is CC(C)(C)Cn1cc(C(NS(=O)(=O)C2CC2)C(F)F)c2ccc(B3OC(C)(C)C(C)(C)O3)cc21. The summed E-state index contributed by atoms with van der Waals surface area (Å²) < 4.78 is 70.0. The maximum atomic E-state index is 14.2. The summed E-state index contributed by atoms with van der Waals surface area (Å²) in [5.41, 5.74) is 0.669. The lowest BCUT2D eigenvalue weighted by Crippen LogP contribution is -2.41. The van der Waals surface area contributed by atoms with Crippen molar-refractivity contribution in [2.45, 2.75) is 96.8 Å². The standard InChI is InChI=1S/C24H35BF2N2O4S/c1-22(2,3)14-29-13-18(20(21(26)27)28-34(30,31)16-9-10-16)17-11-8-15(12-19(17)29)25-32-23(4,5)24(6,7)33-25/h8,11-13,16,20-21,28H,9-10,14H2,1-7H3. The highest BCUT2D eigenvalue weighted by Crippen LogP contribution is 2.38. The predicted molar refractivity (Wildman–Crippen MR) is 131 cm³/mol. The normalized spacial score (nSPS) is 21.5. The molecule has 1 aromatic carbocycles. The Balaban J connectivity index is 1.79. The number of fused-ring (bicyclic) bond motifs is 1. The first-order valence-corrected chi connectivity index (χ1v) is 13.3. The summed E-state index contributed by atoms with van der Waals surface area (Å²) in [5, 5.41) is 0.0139. The molecule has 188 valence electrons. The van der Waals surface area contributed by atoms with Gasteiger partial charge in [0.25, 0.3) is 6.43 Å². The van der Waals surface area contributed by atoms with Crippen molar-refractivity contribution in [3.05, 3.63) is 30.0 Å². The first kappa shape index (κ1) is 25.6. The van der Waals surface area contributed by atoms with Crippen molar-refractivity contribution >= 4 is 33.5 Å². The molecule has 1 saturated carbocycles. The van der Waals surface area contributed by atoms with Crippen molar-refractivity contribution in [2.24, 2.45) is 5.41 Å². The molecule has 34 heavy (non-hydrogen) atoms. The molecule has 2 heterocycles. The Bertz CT molecular complexity index is 1170. The van der Waals surface area contributed by atoms with Crippen molar-refractivity contribution in [3.63, 3.8) is 0 Å². The maximum absolute atomic E-state index is 14.2. The number of rotatable bonds is 7. The summed E-state index contributed by atoms with van der Waals surface area (Å²) in [6.07, 6.45) is -0.204. The van der Waals surface area contributed by atoms with Crippen LogP contribution in [0.2, 0.25) is 0 Å². The van der Waals surface area contributed by atoms with Gasteiger partial charge in [-0.3, -0.25) is 0 Å². The average Bonchev–Trinajstić information content (AvgIpc) is 3.45. The van der Waals surface area contributed by atoms with Gasteiger partial charge >= 0.3 is 7.12 Å². The Morgan fingerprint density at radius 1 is 1.15 bits per heavy atom. The first-order valence-electron chi connectivity index (χ1n) is 11.8. The molecule has 4 rings (SSSR count). The maximum Gasteiger partial charge on any atom is 0.494 e. The zero-order valence-corrected chi connectivity index (χ0v) is 21.8. The third-order valence-electron chi connectivity index (χ3n) is 6.95. The van der Waals surface area contributed by atoms with E-state index in [1.54, 1.807) is 12.3 Å². The van der Waals surface area contributed by atoms with E-state index in [-0.39, 0.29) is 11.0 Å². The summed E-state index contributed by atoms with van der Waals surface area (Å²) in [7, 11) is -4.39. The van der Waals surface area contributed by atoms with Crippen LogP contribution in [0.5, 0.6) is 0 Å². The minimum atomic E-state index is -3.80. The molecule has 2 aromatic rings. The highest BCUT2D eigenvalue weighted by atomic mass is 32.2. The fourth-order valence-corrected chi connectivity index (χ4v) is 5.79. The second-order valence-corrected chi connectivity index (χ2v) is 13.8. The summed E-state index contributed by atoms with van der Waals surface area (Å²) in [4.78, 5) is 0. The third-order valence-corrected chi connectivity index (χ3v) is 8.88. The number of alkyl halides is 2. The second kappa shape index (κ2) is 8.28. The molecule has 1 aliphatic heterocycles. The van der Waals surface area contributed by atoms with Crippen LogP contribution in [0.25, 0.3) is 10.9 Å². The van der Waals surface area contributed by atoms with Gasteiger partial charge in [0, 0.05) is 29.2 Å². The van der Waals surface area contributed by atoms with Gasteiger partial charge in [0.15, 0.2) is 0 Å². The average molecular weight is 496 g/mol. The van der Waals surface area contributed by atoms with E-state index in [1.807, 2.05) is 44.4 Å². The van der Waals surface area contributed by atoms with E-state index in [1.165, 1.54) is 0 Å². The van der Waals surface area contributed by atoms with Crippen LogP contribution in [0.4, 0.5) is 8.78 Å². The molecule has 1 unspecified atom stereocenters. The van der Waals surface area contributed by atoms with Crippen molar-refractivity contribution < 1.29 is 26.5 Å². The molecular formula is C24H35BF2N2O4S. The summed E-state index contributed by atoms with van der Waals surface area (Å²) in [6.45, 7) is 14.7. The molecule has 10 heteroatoms. The van der Waals surface area contributed by atoms with Gasteiger partial charge in [0.1, 0.15) is 6.04 Å². The summed E-state index contributed by atoms with van der Waals surface area (Å²) >= 11 is 0. The largest absolute Gasteiger partial charge is 0.494 e. The number of halogens is 2. The van der Waals surface area contributed by atoms with E-state index in [0.29, 0.717) is 24.8 Å². The van der Waals surface area contributed by atoms with Crippen LogP contribution in [0, 0.1) is 5.41 Å². The summed E-state index contributed by atoms with van der Waals surface area (Å²) in [6, 6.07) is 3.88. The third kappa shape index (κ3) is 4.92. The summed E-state index contributed by atoms with van der Waals surface area (Å²) in [5.74, 6) is 0. The quantitative estimate of drug-likeness (QED) is 0.578. The van der Waals surface area contributed by atoms with Crippen molar-refractivity contribution in [2.75, 3.05) is 0 Å². The predicted octanol–water partition coefficient (Wildman–Crippen LogP) is 4.37. The van der Waals surface area contributed by atoms with E-state index in [2.05, 4.69) is 25.5 Å². The highest BCUT2D eigenvalue weighted by Gasteiger charge is 2.51. The van der Waals surface area contributed by atoms with Crippen molar-refractivity contribution in [3.8, 4) is 0 Å². The number of sulfonamides is 1. The first-order chi connectivity index (χ1) is 15.5. The Morgan fingerprint density at radius 3 is 2.24 bits per heavy atom. The molecule has 2 fully saturated rings. The van der Waals surface area contributed by atoms with Gasteiger partial charge in [-0.15, -0.1) is 0 Å². The minimum Gasteiger partial charge on any atom is -0.399 e. The molecule has 1 saturated heterocycles. The lowest BCUT2D eigenvalue weighted by atomic mass is 9.78. The molecule has 1 aliphatic carbocycles. The van der Waals surface area contributed by atoms with Crippen LogP contribution in [0.1, 0.15) is 72.9 Å². The molecule has 1 N–H and O–H groups in total. The van der Waals surface area contributed by atoms with E-state index in [4.69, 9.17) is 9.31 Å². The fraction of sp³-hybridized carbons (Fsp3) is 0.667. The van der Waals surface area contributed by atoms with Gasteiger partial charge < -0.3 is 13.9 Å². The van der Waals surface area contributed by atoms with Gasteiger partial charge in [-0.05, 0) is 57.5 Å². The minimum absolute atomic E-state index is 0.128. The van der Waals surface area contributed by atoms with Crippen LogP contribution in [-0.4, -0.2) is 43.0 Å². The topological polar surface area (TPSA) is 69.6 Å². The second-order valence-electron chi connectivity index (χ2n) is 11.8. The number of nitrogens with one attached hydrogen (secondary N) is 1. The Morgan fingerprint density at radius 2 is 1.74 bits per heavy atom.